The summed E-state index contributed by atoms with van der Waals surface area (Å²) < 4.78 is 21.2. The van der Waals surface area contributed by atoms with Crippen molar-refractivity contribution in [2.24, 2.45) is 0 Å². The van der Waals surface area contributed by atoms with Crippen LogP contribution in [-0.2, 0) is 14.3 Å². The van der Waals surface area contributed by atoms with Gasteiger partial charge < -0.3 is 24.1 Å². The van der Waals surface area contributed by atoms with Gasteiger partial charge in [-0.2, -0.15) is 0 Å². The van der Waals surface area contributed by atoms with Crippen LogP contribution in [0.5, 0.6) is 17.2 Å². The molecule has 0 saturated carbocycles. The molecule has 0 aliphatic carbocycles. The number of aromatic nitrogens is 1. The Labute approximate surface area is 215 Å². The highest BCUT2D eigenvalue weighted by molar-refractivity contribution is 7.17. The number of thiazole rings is 1. The van der Waals surface area contributed by atoms with Crippen LogP contribution in [0.15, 0.2) is 48.0 Å². The maximum atomic E-state index is 13.4. The number of ether oxygens (including phenoxy) is 4. The molecule has 2 aromatic carbocycles. The number of aliphatic hydroxyl groups is 1. The van der Waals surface area contributed by atoms with Crippen LogP contribution in [-0.4, -0.2) is 55.2 Å². The summed E-state index contributed by atoms with van der Waals surface area (Å²) in [5.41, 5.74) is 1.05. The molecule has 1 atom stereocenters. The molecule has 3 heterocycles. The van der Waals surface area contributed by atoms with E-state index in [-0.39, 0.29) is 26.9 Å². The molecular weight excluding hydrogens is 500 g/mol. The van der Waals surface area contributed by atoms with Gasteiger partial charge in [-0.1, -0.05) is 23.5 Å². The van der Waals surface area contributed by atoms with Gasteiger partial charge in [-0.25, -0.2) is 9.78 Å². The first-order valence-electron chi connectivity index (χ1n) is 11.2. The van der Waals surface area contributed by atoms with Gasteiger partial charge in [0.25, 0.3) is 5.78 Å². The molecule has 1 N–H and O–H groups in total. The minimum absolute atomic E-state index is 0.126. The Morgan fingerprint density at radius 3 is 2.46 bits per heavy atom. The summed E-state index contributed by atoms with van der Waals surface area (Å²) in [6, 6.07) is 10.5. The number of carbonyl (C=O) groups excluding carboxylic acids is 3. The van der Waals surface area contributed by atoms with Crippen LogP contribution in [0, 0.1) is 6.92 Å². The molecule has 190 valence electrons. The number of Topliss-reactive ketones (excluding diaryl/α,β-unsaturated/α-hetero) is 1. The Bertz CT molecular complexity index is 1440. The van der Waals surface area contributed by atoms with Gasteiger partial charge in [0.1, 0.15) is 29.6 Å². The zero-order chi connectivity index (χ0) is 26.3. The normalized spacial score (nSPS) is 18.1. The Morgan fingerprint density at radius 2 is 1.78 bits per heavy atom. The summed E-state index contributed by atoms with van der Waals surface area (Å²) in [4.78, 5) is 44.7. The second kappa shape index (κ2) is 9.58. The van der Waals surface area contributed by atoms with Crippen molar-refractivity contribution in [3.8, 4) is 17.2 Å². The highest BCUT2D eigenvalue weighted by Gasteiger charge is 2.48. The molecule has 10 nitrogen and oxygen atoms in total. The van der Waals surface area contributed by atoms with E-state index in [1.807, 2.05) is 0 Å². The quantitative estimate of drug-likeness (QED) is 0.231. The fourth-order valence-electron chi connectivity index (χ4n) is 4.24. The van der Waals surface area contributed by atoms with E-state index in [0.717, 1.165) is 11.3 Å². The number of hydrogen-bond donors (Lipinski definition) is 1. The Balaban J connectivity index is 1.68. The highest BCUT2D eigenvalue weighted by Crippen LogP contribution is 2.45. The van der Waals surface area contributed by atoms with Crippen molar-refractivity contribution in [3.05, 3.63) is 69.7 Å². The number of amides is 1. The number of fused-ring (bicyclic) bond motifs is 1. The van der Waals surface area contributed by atoms with E-state index in [1.54, 1.807) is 49.4 Å². The number of nitrogens with zero attached hydrogens (tertiary/aromatic N) is 2. The number of anilines is 1. The van der Waals surface area contributed by atoms with E-state index in [0.29, 0.717) is 41.7 Å². The predicted octanol–water partition coefficient (Wildman–Crippen LogP) is 3.64. The molecule has 1 saturated heterocycles. The Hall–Kier alpha value is -4.38. The number of rotatable bonds is 5. The standard InChI is InChI=1S/C26H22N2O8S/c1-13-23(25(32)34-3)37-26(27-13)28-20(14-4-7-16(33-2)8-5-14)19(22(30)24(28)31)21(29)15-6-9-17-18(12-15)36-11-10-35-17/h4-9,12,20,29H,10-11H2,1-3H3/b21-19-. The summed E-state index contributed by atoms with van der Waals surface area (Å²) in [5.74, 6) is -1.24. The summed E-state index contributed by atoms with van der Waals surface area (Å²) >= 11 is 0.931. The Morgan fingerprint density at radius 1 is 1.08 bits per heavy atom. The van der Waals surface area contributed by atoms with Crippen LogP contribution in [0.2, 0.25) is 0 Å². The number of ketones is 1. The average Bonchev–Trinajstić information content (AvgIpc) is 3.43. The number of aliphatic hydroxyl groups excluding tert-OH is 1. The molecule has 0 spiro atoms. The molecule has 0 bridgehead atoms. The van der Waals surface area contributed by atoms with E-state index in [9.17, 15) is 19.5 Å². The molecule has 2 aliphatic heterocycles. The van der Waals surface area contributed by atoms with Crippen molar-refractivity contribution in [1.82, 2.24) is 4.98 Å². The molecular formula is C26H22N2O8S. The summed E-state index contributed by atoms with van der Waals surface area (Å²) in [7, 11) is 2.77. The van der Waals surface area contributed by atoms with Crippen molar-refractivity contribution in [3.63, 3.8) is 0 Å². The fraction of sp³-hybridized carbons (Fsp3) is 0.231. The third-order valence-electron chi connectivity index (χ3n) is 6.05. The molecule has 1 amide bonds. The summed E-state index contributed by atoms with van der Waals surface area (Å²) in [6.07, 6.45) is 0. The van der Waals surface area contributed by atoms with Crippen molar-refractivity contribution >= 4 is 39.9 Å². The average molecular weight is 523 g/mol. The molecule has 1 unspecified atom stereocenters. The Kier molecular flexibility index (Phi) is 6.30. The van der Waals surface area contributed by atoms with Gasteiger partial charge in [0.2, 0.25) is 0 Å². The lowest BCUT2D eigenvalue weighted by atomic mass is 9.95. The zero-order valence-electron chi connectivity index (χ0n) is 20.1. The van der Waals surface area contributed by atoms with Crippen molar-refractivity contribution in [1.29, 1.82) is 0 Å². The molecule has 1 fully saturated rings. The first-order chi connectivity index (χ1) is 17.8. The van der Waals surface area contributed by atoms with Gasteiger partial charge in [0, 0.05) is 5.56 Å². The van der Waals surface area contributed by atoms with Crippen molar-refractivity contribution in [2.45, 2.75) is 13.0 Å². The van der Waals surface area contributed by atoms with E-state index in [4.69, 9.17) is 18.9 Å². The highest BCUT2D eigenvalue weighted by atomic mass is 32.1. The number of aryl methyl sites for hydroxylation is 1. The number of benzene rings is 2. The number of hydrogen-bond acceptors (Lipinski definition) is 10. The SMILES string of the molecule is COC(=O)c1sc(N2C(=O)C(=O)/C(=C(\O)c3ccc4c(c3)OCCO4)C2c2ccc(OC)cc2)nc1C. The lowest BCUT2D eigenvalue weighted by molar-refractivity contribution is -0.132. The van der Waals surface area contributed by atoms with E-state index < -0.39 is 23.7 Å². The van der Waals surface area contributed by atoms with Crippen LogP contribution in [0.3, 0.4) is 0 Å². The molecule has 1 aromatic heterocycles. The minimum atomic E-state index is -1.02. The smallest absolute Gasteiger partial charge is 0.350 e. The number of esters is 1. The van der Waals surface area contributed by atoms with Crippen LogP contribution in [0.4, 0.5) is 5.13 Å². The monoisotopic (exact) mass is 522 g/mol. The first kappa shape index (κ1) is 24.3. The van der Waals surface area contributed by atoms with Gasteiger partial charge >= 0.3 is 11.9 Å². The molecule has 11 heteroatoms. The lowest BCUT2D eigenvalue weighted by Gasteiger charge is -2.23. The number of methoxy groups -OCH3 is 2. The first-order valence-corrected chi connectivity index (χ1v) is 12.1. The largest absolute Gasteiger partial charge is 0.507 e. The third-order valence-corrected chi connectivity index (χ3v) is 7.19. The number of carbonyl (C=O) groups is 3. The van der Waals surface area contributed by atoms with Gasteiger partial charge in [0.05, 0.1) is 31.5 Å². The maximum absolute atomic E-state index is 13.4. The minimum Gasteiger partial charge on any atom is -0.507 e. The van der Waals surface area contributed by atoms with Gasteiger partial charge in [0.15, 0.2) is 16.6 Å². The molecule has 2 aliphatic rings. The topological polar surface area (TPSA) is 124 Å². The summed E-state index contributed by atoms with van der Waals surface area (Å²) in [5, 5.41) is 11.5. The second-order valence-corrected chi connectivity index (χ2v) is 9.18. The van der Waals surface area contributed by atoms with Crippen LogP contribution >= 0.6 is 11.3 Å². The zero-order valence-corrected chi connectivity index (χ0v) is 21.0. The van der Waals surface area contributed by atoms with E-state index >= 15 is 0 Å². The molecule has 0 radical (unpaired) electrons. The molecule has 5 rings (SSSR count). The predicted molar refractivity (Wildman–Crippen MR) is 133 cm³/mol. The lowest BCUT2D eigenvalue weighted by Crippen LogP contribution is -2.29. The molecule has 37 heavy (non-hydrogen) atoms. The van der Waals surface area contributed by atoms with E-state index in [2.05, 4.69) is 4.98 Å². The molecule has 3 aromatic rings. The van der Waals surface area contributed by atoms with Crippen molar-refractivity contribution in [2.75, 3.05) is 32.3 Å². The van der Waals surface area contributed by atoms with Crippen LogP contribution in [0.1, 0.15) is 32.5 Å². The van der Waals surface area contributed by atoms with Gasteiger partial charge in [-0.3, -0.25) is 14.5 Å². The second-order valence-electron chi connectivity index (χ2n) is 8.20. The summed E-state index contributed by atoms with van der Waals surface area (Å²) in [6.45, 7) is 2.36. The van der Waals surface area contributed by atoms with Gasteiger partial charge in [-0.05, 0) is 42.8 Å². The maximum Gasteiger partial charge on any atom is 0.350 e. The van der Waals surface area contributed by atoms with Crippen LogP contribution in [0.25, 0.3) is 5.76 Å². The van der Waals surface area contributed by atoms with Gasteiger partial charge in [-0.15, -0.1) is 0 Å². The van der Waals surface area contributed by atoms with E-state index in [1.165, 1.54) is 19.1 Å². The third kappa shape index (κ3) is 4.16. The van der Waals surface area contributed by atoms with Crippen LogP contribution < -0.4 is 19.1 Å². The fourth-order valence-corrected chi connectivity index (χ4v) is 5.26. The van der Waals surface area contributed by atoms with Crippen molar-refractivity contribution < 1.29 is 38.4 Å².